The first-order valence-electron chi connectivity index (χ1n) is 5.78. The van der Waals surface area contributed by atoms with Crippen LogP contribution in [0.25, 0.3) is 10.8 Å². The van der Waals surface area contributed by atoms with Crippen molar-refractivity contribution in [3.05, 3.63) is 33.4 Å². The number of ether oxygens (including phenoxy) is 1. The molecule has 1 heterocycles. The number of hydrogen-bond acceptors (Lipinski definition) is 5. The van der Waals surface area contributed by atoms with Gasteiger partial charge in [-0.15, -0.1) is 0 Å². The monoisotopic (exact) mass is 262 g/mol. The lowest BCUT2D eigenvalue weighted by atomic mass is 10.0. The lowest BCUT2D eigenvalue weighted by Crippen LogP contribution is -2.07. The molecule has 0 amide bonds. The van der Waals surface area contributed by atoms with Crippen molar-refractivity contribution in [2.24, 2.45) is 0 Å². The topological polar surface area (TPSA) is 76.7 Å². The van der Waals surface area contributed by atoms with Gasteiger partial charge in [0.2, 0.25) is 0 Å². The highest BCUT2D eigenvalue weighted by Gasteiger charge is 2.18. The van der Waals surface area contributed by atoms with E-state index in [1.807, 2.05) is 0 Å². The van der Waals surface area contributed by atoms with E-state index in [0.29, 0.717) is 16.7 Å². The summed E-state index contributed by atoms with van der Waals surface area (Å²) in [6.07, 6.45) is 0. The Morgan fingerprint density at radius 3 is 2.42 bits per heavy atom. The first-order valence-corrected chi connectivity index (χ1v) is 5.78. The maximum atomic E-state index is 11.8. The summed E-state index contributed by atoms with van der Waals surface area (Å²) >= 11 is 0. The number of aryl methyl sites for hydroxylation is 3. The Kier molecular flexibility index (Phi) is 3.06. The molecule has 0 fully saturated rings. The summed E-state index contributed by atoms with van der Waals surface area (Å²) in [7, 11) is 0. The van der Waals surface area contributed by atoms with E-state index in [-0.39, 0.29) is 16.9 Å². The Balaban J connectivity index is 2.95. The van der Waals surface area contributed by atoms with Gasteiger partial charge in [0.25, 0.3) is 0 Å². The van der Waals surface area contributed by atoms with Gasteiger partial charge >= 0.3 is 11.6 Å². The van der Waals surface area contributed by atoms with Gasteiger partial charge in [0.05, 0.1) is 0 Å². The Hall–Kier alpha value is -2.30. The second-order valence-corrected chi connectivity index (χ2v) is 4.43. The van der Waals surface area contributed by atoms with Gasteiger partial charge in [-0.25, -0.2) is 4.79 Å². The van der Waals surface area contributed by atoms with Crippen LogP contribution in [0, 0.1) is 20.8 Å². The number of phenols is 1. The molecule has 0 aliphatic rings. The molecule has 5 heteroatoms. The molecule has 0 unspecified atom stereocenters. The third-order valence-electron chi connectivity index (χ3n) is 3.13. The highest BCUT2D eigenvalue weighted by Crippen LogP contribution is 2.35. The third-order valence-corrected chi connectivity index (χ3v) is 3.13. The second-order valence-electron chi connectivity index (χ2n) is 4.43. The van der Waals surface area contributed by atoms with Crippen LogP contribution < -0.4 is 10.4 Å². The number of rotatable bonds is 1. The zero-order chi connectivity index (χ0) is 14.3. The number of fused-ring (bicyclic) bond motifs is 1. The first kappa shape index (κ1) is 13.1. The van der Waals surface area contributed by atoms with E-state index in [9.17, 15) is 14.7 Å². The van der Waals surface area contributed by atoms with Gasteiger partial charge in [-0.2, -0.15) is 0 Å². The molecule has 1 N–H and O–H groups in total. The van der Waals surface area contributed by atoms with Gasteiger partial charge in [-0.1, -0.05) is 0 Å². The van der Waals surface area contributed by atoms with Gasteiger partial charge in [0.15, 0.2) is 0 Å². The summed E-state index contributed by atoms with van der Waals surface area (Å²) in [5.74, 6) is -0.0292. The number of esters is 1. The van der Waals surface area contributed by atoms with Crippen LogP contribution in [-0.2, 0) is 4.79 Å². The van der Waals surface area contributed by atoms with Crippen LogP contribution in [0.4, 0.5) is 0 Å². The van der Waals surface area contributed by atoms with Crippen molar-refractivity contribution >= 4 is 16.7 Å². The molecule has 100 valence electrons. The largest absolute Gasteiger partial charge is 0.507 e. The number of carbonyl (C=O) groups is 1. The van der Waals surface area contributed by atoms with E-state index in [1.54, 1.807) is 20.8 Å². The molecule has 0 bridgehead atoms. The van der Waals surface area contributed by atoms with Crippen LogP contribution in [0.15, 0.2) is 15.3 Å². The van der Waals surface area contributed by atoms with Crippen molar-refractivity contribution in [2.75, 3.05) is 0 Å². The molecule has 19 heavy (non-hydrogen) atoms. The smallest absolute Gasteiger partial charge is 0.347 e. The molecule has 5 nitrogen and oxygen atoms in total. The number of benzene rings is 1. The molecule has 2 rings (SSSR count). The third kappa shape index (κ3) is 2.07. The van der Waals surface area contributed by atoms with Crippen molar-refractivity contribution < 1.29 is 19.1 Å². The summed E-state index contributed by atoms with van der Waals surface area (Å²) in [6, 6.07) is 1.25. The van der Waals surface area contributed by atoms with E-state index in [1.165, 1.54) is 13.0 Å². The normalized spacial score (nSPS) is 10.7. The van der Waals surface area contributed by atoms with E-state index in [0.717, 1.165) is 5.56 Å². The molecular formula is C14H14O5. The van der Waals surface area contributed by atoms with Gasteiger partial charge in [0, 0.05) is 23.9 Å². The van der Waals surface area contributed by atoms with Crippen LogP contribution in [0.2, 0.25) is 0 Å². The lowest BCUT2D eigenvalue weighted by molar-refractivity contribution is -0.131. The summed E-state index contributed by atoms with van der Waals surface area (Å²) in [6.45, 7) is 6.46. The molecule has 0 aliphatic carbocycles. The molecule has 0 aliphatic heterocycles. The average molecular weight is 262 g/mol. The van der Waals surface area contributed by atoms with Crippen molar-refractivity contribution in [3.63, 3.8) is 0 Å². The zero-order valence-corrected chi connectivity index (χ0v) is 11.2. The molecule has 0 saturated carbocycles. The maximum absolute atomic E-state index is 11.8. The van der Waals surface area contributed by atoms with Crippen molar-refractivity contribution in [3.8, 4) is 11.5 Å². The van der Waals surface area contributed by atoms with Crippen molar-refractivity contribution in [2.45, 2.75) is 27.7 Å². The highest BCUT2D eigenvalue weighted by molar-refractivity contribution is 5.94. The fourth-order valence-electron chi connectivity index (χ4n) is 2.12. The Morgan fingerprint density at radius 2 is 1.84 bits per heavy atom. The Morgan fingerprint density at radius 1 is 1.21 bits per heavy atom. The molecule has 1 aromatic heterocycles. The summed E-state index contributed by atoms with van der Waals surface area (Å²) in [4.78, 5) is 22.9. The van der Waals surface area contributed by atoms with Gasteiger partial charge in [-0.05, 0) is 26.3 Å². The maximum Gasteiger partial charge on any atom is 0.347 e. The molecule has 0 saturated heterocycles. The van der Waals surface area contributed by atoms with E-state index >= 15 is 0 Å². The van der Waals surface area contributed by atoms with Crippen molar-refractivity contribution in [1.82, 2.24) is 0 Å². The molecule has 1 aromatic carbocycles. The zero-order valence-electron chi connectivity index (χ0n) is 11.2. The van der Waals surface area contributed by atoms with Crippen LogP contribution in [0.1, 0.15) is 23.8 Å². The van der Waals surface area contributed by atoms with E-state index in [4.69, 9.17) is 9.15 Å². The second kappa shape index (κ2) is 4.42. The summed E-state index contributed by atoms with van der Waals surface area (Å²) in [5.41, 5.74) is 0.751. The lowest BCUT2D eigenvalue weighted by Gasteiger charge is -2.12. The van der Waals surface area contributed by atoms with E-state index < -0.39 is 11.6 Å². The van der Waals surface area contributed by atoms with Crippen LogP contribution >= 0.6 is 0 Å². The fourth-order valence-corrected chi connectivity index (χ4v) is 2.12. The van der Waals surface area contributed by atoms with Crippen LogP contribution in [0.5, 0.6) is 11.5 Å². The molecule has 2 aromatic rings. The minimum absolute atomic E-state index is 0.108. The van der Waals surface area contributed by atoms with Gasteiger partial charge in [0.1, 0.15) is 22.6 Å². The standard InChI is InChI=1S/C14H14O5/c1-6-8(3)18-14(17)13-10(16)5-11(19-9(4)15)7(2)12(6)13/h5,16H,1-4H3. The number of aromatic hydroxyl groups is 1. The summed E-state index contributed by atoms with van der Waals surface area (Å²) < 4.78 is 10.1. The fraction of sp³-hybridized carbons (Fsp3) is 0.286. The molecule has 0 radical (unpaired) electrons. The predicted octanol–water partition coefficient (Wildman–Crippen LogP) is 2.35. The number of phenolic OH excluding ortho intramolecular Hbond substituents is 1. The SMILES string of the molecule is CC(=O)Oc1cc(O)c2c(=O)oc(C)c(C)c2c1C. The molecule has 0 spiro atoms. The Bertz CT molecular complexity index is 740. The van der Waals surface area contributed by atoms with Crippen LogP contribution in [-0.4, -0.2) is 11.1 Å². The number of hydrogen-bond donors (Lipinski definition) is 1. The van der Waals surface area contributed by atoms with Gasteiger partial charge in [-0.3, -0.25) is 4.79 Å². The number of carbonyl (C=O) groups excluding carboxylic acids is 1. The first-order chi connectivity index (χ1) is 8.82. The molecule has 0 atom stereocenters. The summed E-state index contributed by atoms with van der Waals surface area (Å²) in [5, 5.41) is 10.6. The molecular weight excluding hydrogens is 248 g/mol. The minimum atomic E-state index is -0.604. The quantitative estimate of drug-likeness (QED) is 0.630. The predicted molar refractivity (Wildman–Crippen MR) is 69.7 cm³/mol. The van der Waals surface area contributed by atoms with E-state index in [2.05, 4.69) is 0 Å². The highest BCUT2D eigenvalue weighted by atomic mass is 16.5. The van der Waals surface area contributed by atoms with Crippen LogP contribution in [0.3, 0.4) is 0 Å². The minimum Gasteiger partial charge on any atom is -0.507 e. The van der Waals surface area contributed by atoms with Crippen molar-refractivity contribution in [1.29, 1.82) is 0 Å². The van der Waals surface area contributed by atoms with Gasteiger partial charge < -0.3 is 14.3 Å². The average Bonchev–Trinajstić information content (AvgIpc) is 2.29. The Labute approximate surface area is 109 Å².